The minimum absolute atomic E-state index is 0.194. The van der Waals surface area contributed by atoms with Gasteiger partial charge < -0.3 is 4.74 Å². The number of hydrogen-bond donors (Lipinski definition) is 0. The maximum atomic E-state index is 12.0. The van der Waals surface area contributed by atoms with Gasteiger partial charge in [0.1, 0.15) is 0 Å². The van der Waals surface area contributed by atoms with E-state index < -0.39 is 18.4 Å². The summed E-state index contributed by atoms with van der Waals surface area (Å²) in [7, 11) is 0. The molecule has 0 aromatic heterocycles. The van der Waals surface area contributed by atoms with Gasteiger partial charge in [-0.25, -0.2) is 4.79 Å². The normalized spacial score (nSPS) is 9.86. The molecule has 2 rings (SSSR count). The van der Waals surface area contributed by atoms with Gasteiger partial charge in [-0.1, -0.05) is 29.3 Å². The molecule has 0 saturated carbocycles. The Hall–Kier alpha value is -2.35. The van der Waals surface area contributed by atoms with Crippen molar-refractivity contribution >= 4 is 35.0 Å². The summed E-state index contributed by atoms with van der Waals surface area (Å²) in [6.07, 6.45) is 0. The van der Waals surface area contributed by atoms with Crippen molar-refractivity contribution in [2.45, 2.75) is 0 Å². The van der Waals surface area contributed by atoms with Crippen LogP contribution in [0.3, 0.4) is 0 Å². The first kappa shape index (κ1) is 16.0. The summed E-state index contributed by atoms with van der Waals surface area (Å²) in [5.74, 6) is -1.12. The van der Waals surface area contributed by atoms with Crippen molar-refractivity contribution in [2.75, 3.05) is 6.61 Å². The third kappa shape index (κ3) is 3.85. The number of carbonyl (C=O) groups excluding carboxylic acids is 2. The van der Waals surface area contributed by atoms with Crippen LogP contribution < -0.4 is 0 Å². The van der Waals surface area contributed by atoms with Crippen LogP contribution in [0.2, 0.25) is 10.0 Å². The minimum Gasteiger partial charge on any atom is -0.454 e. The zero-order valence-electron chi connectivity index (χ0n) is 11.2. The predicted molar refractivity (Wildman–Crippen MR) is 82.2 cm³/mol. The van der Waals surface area contributed by atoms with E-state index in [-0.39, 0.29) is 16.1 Å². The van der Waals surface area contributed by atoms with Crippen molar-refractivity contribution < 1.29 is 14.3 Å². The molecular weight excluding hydrogens is 325 g/mol. The van der Waals surface area contributed by atoms with Gasteiger partial charge in [0, 0.05) is 10.6 Å². The largest absolute Gasteiger partial charge is 0.454 e. The van der Waals surface area contributed by atoms with Crippen LogP contribution in [0.4, 0.5) is 0 Å². The number of hydrogen-bond acceptors (Lipinski definition) is 4. The molecule has 0 bridgehead atoms. The fourth-order valence-electron chi connectivity index (χ4n) is 1.72. The number of Topliss-reactive ketones (excluding diaryl/α,β-unsaturated/α-hetero) is 1. The maximum Gasteiger partial charge on any atom is 0.338 e. The van der Waals surface area contributed by atoms with Crippen molar-refractivity contribution in [1.29, 1.82) is 5.26 Å². The smallest absolute Gasteiger partial charge is 0.338 e. The zero-order chi connectivity index (χ0) is 16.1. The molecule has 0 aliphatic carbocycles. The molecule has 0 radical (unpaired) electrons. The van der Waals surface area contributed by atoms with Crippen LogP contribution in [0.25, 0.3) is 0 Å². The molecule has 0 atom stereocenters. The molecule has 4 nitrogen and oxygen atoms in total. The second-order valence-electron chi connectivity index (χ2n) is 4.32. The third-order valence-corrected chi connectivity index (χ3v) is 3.34. The molecule has 0 unspecified atom stereocenters. The van der Waals surface area contributed by atoms with Crippen molar-refractivity contribution in [1.82, 2.24) is 0 Å². The fourth-order valence-corrected chi connectivity index (χ4v) is 2.24. The van der Waals surface area contributed by atoms with E-state index >= 15 is 0 Å². The fraction of sp³-hybridized carbons (Fsp3) is 0.0625. The van der Waals surface area contributed by atoms with Gasteiger partial charge in [0.15, 0.2) is 6.61 Å². The Morgan fingerprint density at radius 3 is 2.59 bits per heavy atom. The minimum atomic E-state index is -0.685. The monoisotopic (exact) mass is 333 g/mol. The Morgan fingerprint density at radius 2 is 1.91 bits per heavy atom. The quantitative estimate of drug-likeness (QED) is 0.628. The summed E-state index contributed by atoms with van der Waals surface area (Å²) in [5, 5.41) is 9.39. The van der Waals surface area contributed by atoms with Crippen LogP contribution in [-0.2, 0) is 4.74 Å². The number of nitriles is 1. The molecule has 110 valence electrons. The molecule has 0 aliphatic heterocycles. The molecule has 0 saturated heterocycles. The molecule has 0 aliphatic rings. The molecule has 0 fully saturated rings. The summed E-state index contributed by atoms with van der Waals surface area (Å²) >= 11 is 11.7. The summed E-state index contributed by atoms with van der Waals surface area (Å²) in [4.78, 5) is 23.8. The Bertz CT molecular complexity index is 781. The van der Waals surface area contributed by atoms with Crippen molar-refractivity contribution in [2.24, 2.45) is 0 Å². The second-order valence-corrected chi connectivity index (χ2v) is 5.16. The van der Waals surface area contributed by atoms with Gasteiger partial charge >= 0.3 is 5.97 Å². The summed E-state index contributed by atoms with van der Waals surface area (Å²) in [6.45, 7) is -0.447. The van der Waals surface area contributed by atoms with Gasteiger partial charge in [0.25, 0.3) is 0 Å². The molecular formula is C16H9Cl2NO3. The molecule has 2 aromatic rings. The molecule has 0 N–H and O–H groups in total. The number of ether oxygens (including phenoxy) is 1. The van der Waals surface area contributed by atoms with Gasteiger partial charge in [0.2, 0.25) is 5.78 Å². The van der Waals surface area contributed by atoms with E-state index in [4.69, 9.17) is 33.2 Å². The summed E-state index contributed by atoms with van der Waals surface area (Å²) < 4.78 is 4.94. The number of halogens is 2. The van der Waals surface area contributed by atoms with Crippen LogP contribution in [0.5, 0.6) is 0 Å². The number of ketones is 1. The van der Waals surface area contributed by atoms with Crippen LogP contribution in [0.1, 0.15) is 26.3 Å². The highest BCUT2D eigenvalue weighted by Crippen LogP contribution is 2.21. The highest BCUT2D eigenvalue weighted by molar-refractivity contribution is 6.36. The number of benzene rings is 2. The van der Waals surface area contributed by atoms with Crippen molar-refractivity contribution in [3.8, 4) is 6.07 Å². The number of nitrogens with zero attached hydrogens (tertiary/aromatic N) is 1. The van der Waals surface area contributed by atoms with E-state index in [1.54, 1.807) is 12.1 Å². The van der Waals surface area contributed by atoms with Crippen molar-refractivity contribution in [3.63, 3.8) is 0 Å². The third-order valence-electron chi connectivity index (χ3n) is 2.79. The van der Waals surface area contributed by atoms with E-state index in [0.29, 0.717) is 10.6 Å². The number of esters is 1. The van der Waals surface area contributed by atoms with Crippen LogP contribution in [0.15, 0.2) is 42.5 Å². The van der Waals surface area contributed by atoms with E-state index in [1.807, 2.05) is 6.07 Å². The van der Waals surface area contributed by atoms with E-state index in [2.05, 4.69) is 0 Å². The predicted octanol–water partition coefficient (Wildman–Crippen LogP) is 3.90. The van der Waals surface area contributed by atoms with Gasteiger partial charge in [-0.05, 0) is 36.4 Å². The van der Waals surface area contributed by atoms with Crippen LogP contribution in [0, 0.1) is 11.3 Å². The summed E-state index contributed by atoms with van der Waals surface area (Å²) in [6, 6.07) is 12.4. The first-order chi connectivity index (χ1) is 10.5. The lowest BCUT2D eigenvalue weighted by Gasteiger charge is -2.06. The average molecular weight is 334 g/mol. The topological polar surface area (TPSA) is 67.2 Å². The Labute approximate surface area is 136 Å². The van der Waals surface area contributed by atoms with Gasteiger partial charge in [-0.15, -0.1) is 0 Å². The highest BCUT2D eigenvalue weighted by atomic mass is 35.5. The summed E-state index contributed by atoms with van der Waals surface area (Å²) in [5.41, 5.74) is 0.764. The molecule has 0 heterocycles. The lowest BCUT2D eigenvalue weighted by Crippen LogP contribution is -2.14. The first-order valence-electron chi connectivity index (χ1n) is 6.17. The average Bonchev–Trinajstić information content (AvgIpc) is 2.52. The van der Waals surface area contributed by atoms with Gasteiger partial charge in [-0.2, -0.15) is 5.26 Å². The lowest BCUT2D eigenvalue weighted by atomic mass is 10.1. The lowest BCUT2D eigenvalue weighted by molar-refractivity contribution is 0.0474. The second kappa shape index (κ2) is 7.08. The Kier molecular flexibility index (Phi) is 5.16. The Morgan fingerprint density at radius 1 is 1.14 bits per heavy atom. The van der Waals surface area contributed by atoms with Gasteiger partial charge in [0.05, 0.1) is 22.2 Å². The molecule has 0 spiro atoms. The number of carbonyl (C=O) groups is 2. The molecule has 2 aromatic carbocycles. The zero-order valence-corrected chi connectivity index (χ0v) is 12.7. The van der Waals surface area contributed by atoms with Crippen LogP contribution in [-0.4, -0.2) is 18.4 Å². The maximum absolute atomic E-state index is 12.0. The molecule has 0 amide bonds. The molecule has 22 heavy (non-hydrogen) atoms. The van der Waals surface area contributed by atoms with E-state index in [0.717, 1.165) is 0 Å². The van der Waals surface area contributed by atoms with Crippen LogP contribution >= 0.6 is 23.2 Å². The Balaban J connectivity index is 2.04. The number of rotatable bonds is 4. The van der Waals surface area contributed by atoms with Crippen molar-refractivity contribution in [3.05, 3.63) is 69.2 Å². The SMILES string of the molecule is N#Cc1cccc(C(=O)OCC(=O)c2ccc(Cl)cc2Cl)c1. The standard InChI is InChI=1S/C16H9Cl2NO3/c17-12-4-5-13(14(18)7-12)15(20)9-22-16(21)11-3-1-2-10(6-11)8-19/h1-7H,9H2. The van der Waals surface area contributed by atoms with E-state index in [1.165, 1.54) is 30.3 Å². The van der Waals surface area contributed by atoms with E-state index in [9.17, 15) is 9.59 Å². The van der Waals surface area contributed by atoms with Gasteiger partial charge in [-0.3, -0.25) is 4.79 Å². The molecule has 6 heteroatoms. The first-order valence-corrected chi connectivity index (χ1v) is 6.92. The highest BCUT2D eigenvalue weighted by Gasteiger charge is 2.14.